The first kappa shape index (κ1) is 19.7. The Kier molecular flexibility index (Phi) is 5.31. The van der Waals surface area contributed by atoms with Crippen molar-refractivity contribution in [1.82, 2.24) is 0 Å². The minimum absolute atomic E-state index is 0.207. The predicted molar refractivity (Wildman–Crippen MR) is 98.0 cm³/mol. The molecule has 0 heterocycles. The smallest absolute Gasteiger partial charge is 0.416 e. The molecule has 1 saturated carbocycles. The number of rotatable bonds is 6. The second-order valence-electron chi connectivity index (χ2n) is 6.52. The molecule has 1 aliphatic rings. The second kappa shape index (κ2) is 7.53. The number of ether oxygens (including phenoxy) is 1. The van der Waals surface area contributed by atoms with E-state index in [4.69, 9.17) is 4.74 Å². The summed E-state index contributed by atoms with van der Waals surface area (Å²) in [7, 11) is 0. The minimum Gasteiger partial charge on any atom is -0.494 e. The minimum atomic E-state index is -4.45. The van der Waals surface area contributed by atoms with E-state index in [9.17, 15) is 22.8 Å². The number of carbonyl (C=O) groups excluding carboxylic acids is 2. The van der Waals surface area contributed by atoms with Crippen molar-refractivity contribution < 1.29 is 27.5 Å². The van der Waals surface area contributed by atoms with Crippen molar-refractivity contribution in [3.05, 3.63) is 54.1 Å². The molecule has 1 aliphatic carbocycles. The van der Waals surface area contributed by atoms with Gasteiger partial charge in [0, 0.05) is 11.4 Å². The topological polar surface area (TPSA) is 67.4 Å². The monoisotopic (exact) mass is 392 g/mol. The molecule has 2 amide bonds. The summed E-state index contributed by atoms with van der Waals surface area (Å²) in [5.41, 5.74) is -1.28. The summed E-state index contributed by atoms with van der Waals surface area (Å²) in [5, 5.41) is 5.23. The van der Waals surface area contributed by atoms with E-state index >= 15 is 0 Å². The molecule has 0 saturated heterocycles. The van der Waals surface area contributed by atoms with E-state index in [-0.39, 0.29) is 5.69 Å². The average molecular weight is 392 g/mol. The number of alkyl halides is 3. The van der Waals surface area contributed by atoms with Crippen LogP contribution in [0.4, 0.5) is 24.5 Å². The molecule has 0 unspecified atom stereocenters. The van der Waals surface area contributed by atoms with Gasteiger partial charge in [0.25, 0.3) is 0 Å². The number of amides is 2. The van der Waals surface area contributed by atoms with Crippen LogP contribution in [0.25, 0.3) is 0 Å². The molecule has 0 bridgehead atoms. The van der Waals surface area contributed by atoms with Crippen LogP contribution in [0, 0.1) is 5.41 Å². The number of hydrogen-bond acceptors (Lipinski definition) is 3. The van der Waals surface area contributed by atoms with Crippen molar-refractivity contribution in [1.29, 1.82) is 0 Å². The van der Waals surface area contributed by atoms with Gasteiger partial charge in [-0.25, -0.2) is 0 Å². The van der Waals surface area contributed by atoms with Gasteiger partial charge in [0.15, 0.2) is 0 Å². The largest absolute Gasteiger partial charge is 0.494 e. The lowest BCUT2D eigenvalue weighted by molar-refractivity contribution is -0.137. The van der Waals surface area contributed by atoms with Gasteiger partial charge in [-0.2, -0.15) is 13.2 Å². The van der Waals surface area contributed by atoms with Crippen molar-refractivity contribution in [2.75, 3.05) is 17.2 Å². The standard InChI is InChI=1S/C20H19F3N2O3/c1-2-28-16-9-7-15(8-10-16)25-18(27)19(11-12-19)17(26)24-14-5-3-13(4-6-14)20(21,22)23/h3-10H,2,11-12H2,1H3,(H,24,26)(H,25,27). The molecule has 0 aromatic heterocycles. The van der Waals surface area contributed by atoms with Gasteiger partial charge < -0.3 is 15.4 Å². The molecule has 3 rings (SSSR count). The number of halogens is 3. The highest BCUT2D eigenvalue weighted by molar-refractivity contribution is 6.16. The summed E-state index contributed by atoms with van der Waals surface area (Å²) < 4.78 is 43.2. The highest BCUT2D eigenvalue weighted by Crippen LogP contribution is 2.47. The zero-order chi connectivity index (χ0) is 20.4. The van der Waals surface area contributed by atoms with Gasteiger partial charge in [-0.05, 0) is 68.3 Å². The van der Waals surface area contributed by atoms with Crippen LogP contribution in [0.1, 0.15) is 25.3 Å². The molecule has 28 heavy (non-hydrogen) atoms. The predicted octanol–water partition coefficient (Wildman–Crippen LogP) is 4.46. The third-order valence-electron chi connectivity index (χ3n) is 4.51. The molecular weight excluding hydrogens is 373 g/mol. The SMILES string of the molecule is CCOc1ccc(NC(=O)C2(C(=O)Nc3ccc(C(F)(F)F)cc3)CC2)cc1. The Morgan fingerprint density at radius 1 is 0.929 bits per heavy atom. The highest BCUT2D eigenvalue weighted by Gasteiger charge is 2.56. The molecule has 2 N–H and O–H groups in total. The van der Waals surface area contributed by atoms with Gasteiger partial charge in [-0.3, -0.25) is 9.59 Å². The third kappa shape index (κ3) is 4.27. The average Bonchev–Trinajstić information content (AvgIpc) is 3.45. The Labute approximate surface area is 159 Å². The van der Waals surface area contributed by atoms with Crippen LogP contribution in [0.5, 0.6) is 5.75 Å². The zero-order valence-corrected chi connectivity index (χ0v) is 15.1. The molecule has 0 radical (unpaired) electrons. The van der Waals surface area contributed by atoms with Crippen LogP contribution in [0.2, 0.25) is 0 Å². The van der Waals surface area contributed by atoms with Crippen molar-refractivity contribution in [3.8, 4) is 5.75 Å². The van der Waals surface area contributed by atoms with Gasteiger partial charge in [-0.1, -0.05) is 0 Å². The summed E-state index contributed by atoms with van der Waals surface area (Å²) in [5.74, 6) is -0.307. The number of nitrogens with one attached hydrogen (secondary N) is 2. The van der Waals surface area contributed by atoms with Gasteiger partial charge in [-0.15, -0.1) is 0 Å². The molecule has 0 spiro atoms. The van der Waals surface area contributed by atoms with Crippen LogP contribution >= 0.6 is 0 Å². The van der Waals surface area contributed by atoms with Crippen LogP contribution in [-0.4, -0.2) is 18.4 Å². The summed E-state index contributed by atoms with van der Waals surface area (Å²) in [6.07, 6.45) is -3.69. The first-order valence-corrected chi connectivity index (χ1v) is 8.77. The fourth-order valence-electron chi connectivity index (χ4n) is 2.73. The van der Waals surface area contributed by atoms with Gasteiger partial charge in [0.1, 0.15) is 11.2 Å². The van der Waals surface area contributed by atoms with E-state index in [0.29, 0.717) is 30.9 Å². The first-order chi connectivity index (χ1) is 13.2. The molecule has 2 aromatic carbocycles. The lowest BCUT2D eigenvalue weighted by Crippen LogP contribution is -2.35. The summed E-state index contributed by atoms with van der Waals surface area (Å²) in [6, 6.07) is 10.9. The van der Waals surface area contributed by atoms with Gasteiger partial charge in [0.05, 0.1) is 12.2 Å². The van der Waals surface area contributed by atoms with E-state index in [1.807, 2.05) is 6.92 Å². The fourth-order valence-corrected chi connectivity index (χ4v) is 2.73. The summed E-state index contributed by atoms with van der Waals surface area (Å²) in [4.78, 5) is 25.1. The van der Waals surface area contributed by atoms with Crippen LogP contribution in [0.15, 0.2) is 48.5 Å². The Morgan fingerprint density at radius 3 is 1.79 bits per heavy atom. The van der Waals surface area contributed by atoms with E-state index < -0.39 is 29.0 Å². The lowest BCUT2D eigenvalue weighted by Gasteiger charge is -2.16. The molecule has 8 heteroatoms. The van der Waals surface area contributed by atoms with Crippen molar-refractivity contribution in [3.63, 3.8) is 0 Å². The van der Waals surface area contributed by atoms with Crippen LogP contribution in [0.3, 0.4) is 0 Å². The molecule has 5 nitrogen and oxygen atoms in total. The van der Waals surface area contributed by atoms with Crippen molar-refractivity contribution in [2.24, 2.45) is 5.41 Å². The maximum Gasteiger partial charge on any atom is 0.416 e. The first-order valence-electron chi connectivity index (χ1n) is 8.77. The van der Waals surface area contributed by atoms with E-state index in [1.165, 1.54) is 12.1 Å². The van der Waals surface area contributed by atoms with E-state index in [2.05, 4.69) is 10.6 Å². The quantitative estimate of drug-likeness (QED) is 0.714. The van der Waals surface area contributed by atoms with Crippen LogP contribution < -0.4 is 15.4 Å². The molecule has 148 valence electrons. The number of hydrogen-bond donors (Lipinski definition) is 2. The normalized spacial score (nSPS) is 14.9. The van der Waals surface area contributed by atoms with Gasteiger partial charge in [0.2, 0.25) is 11.8 Å². The Bertz CT molecular complexity index is 858. The number of anilines is 2. The second-order valence-corrected chi connectivity index (χ2v) is 6.52. The van der Waals surface area contributed by atoms with E-state index in [0.717, 1.165) is 12.1 Å². The number of benzene rings is 2. The summed E-state index contributed by atoms with van der Waals surface area (Å²) >= 11 is 0. The number of carbonyl (C=O) groups is 2. The van der Waals surface area contributed by atoms with Crippen molar-refractivity contribution >= 4 is 23.2 Å². The maximum absolute atomic E-state index is 12.6. The molecular formula is C20H19F3N2O3. The van der Waals surface area contributed by atoms with Gasteiger partial charge >= 0.3 is 6.18 Å². The molecule has 1 fully saturated rings. The molecule has 0 atom stereocenters. The Hall–Kier alpha value is -3.03. The zero-order valence-electron chi connectivity index (χ0n) is 15.1. The molecule has 0 aliphatic heterocycles. The third-order valence-corrected chi connectivity index (χ3v) is 4.51. The van der Waals surface area contributed by atoms with Crippen LogP contribution in [-0.2, 0) is 15.8 Å². The Morgan fingerprint density at radius 2 is 1.39 bits per heavy atom. The Balaban J connectivity index is 1.63. The lowest BCUT2D eigenvalue weighted by atomic mass is 10.0. The maximum atomic E-state index is 12.6. The van der Waals surface area contributed by atoms with E-state index in [1.54, 1.807) is 24.3 Å². The summed E-state index contributed by atoms with van der Waals surface area (Å²) in [6.45, 7) is 2.39. The fraction of sp³-hybridized carbons (Fsp3) is 0.300. The molecule has 2 aromatic rings. The highest BCUT2D eigenvalue weighted by atomic mass is 19.4. The van der Waals surface area contributed by atoms with Crippen molar-refractivity contribution in [2.45, 2.75) is 25.9 Å².